The second kappa shape index (κ2) is 7.77. The van der Waals surface area contributed by atoms with Gasteiger partial charge in [0.15, 0.2) is 5.76 Å². The number of β-amino-alcohol motifs (C(OH)–C–C–N with tert-alkyl or cyclic N) is 1. The smallest absolute Gasteiger partial charge is 0.152 e. The van der Waals surface area contributed by atoms with Crippen LogP contribution < -0.4 is 5.32 Å². The minimum atomic E-state index is -0.339. The van der Waals surface area contributed by atoms with E-state index in [1.165, 1.54) is 19.3 Å². The summed E-state index contributed by atoms with van der Waals surface area (Å²) in [6.07, 6.45) is 5.29. The third kappa shape index (κ3) is 4.43. The number of aromatic nitrogens is 2. The number of aliphatic hydroxyl groups excluding tert-OH is 1. The summed E-state index contributed by atoms with van der Waals surface area (Å²) in [6, 6.07) is 3.88. The van der Waals surface area contributed by atoms with E-state index in [1.54, 1.807) is 6.20 Å². The van der Waals surface area contributed by atoms with E-state index < -0.39 is 0 Å². The van der Waals surface area contributed by atoms with Crippen LogP contribution in [0.4, 0.5) is 0 Å². The highest BCUT2D eigenvalue weighted by Crippen LogP contribution is 2.23. The van der Waals surface area contributed by atoms with Gasteiger partial charge < -0.3 is 19.7 Å². The van der Waals surface area contributed by atoms with Crippen LogP contribution >= 0.6 is 0 Å². The fraction of sp³-hybridized carbons (Fsp3) is 0.588. The predicted octanol–water partition coefficient (Wildman–Crippen LogP) is 1.91. The standard InChI is InChI=1S/C17H26N4O2/c1-13-5-6-16(23-13)17-14(10-19-20-17)9-18-11-15(22)12-21-7-3-2-4-8-21/h5-6,10,15,18,22H,2-4,7-9,11-12H2,1H3,(H,19,20)/t15-/m0/s1. The molecule has 0 bridgehead atoms. The maximum absolute atomic E-state index is 10.2. The number of hydrogen-bond acceptors (Lipinski definition) is 5. The highest BCUT2D eigenvalue weighted by atomic mass is 16.3. The van der Waals surface area contributed by atoms with Crippen molar-refractivity contribution in [1.29, 1.82) is 0 Å². The quantitative estimate of drug-likeness (QED) is 0.727. The normalized spacial score (nSPS) is 17.5. The van der Waals surface area contributed by atoms with Gasteiger partial charge in [0.2, 0.25) is 0 Å². The van der Waals surface area contributed by atoms with E-state index in [9.17, 15) is 5.11 Å². The van der Waals surface area contributed by atoms with Crippen LogP contribution in [0.15, 0.2) is 22.7 Å². The van der Waals surface area contributed by atoms with Gasteiger partial charge in [-0.25, -0.2) is 0 Å². The van der Waals surface area contributed by atoms with Gasteiger partial charge in [0.25, 0.3) is 0 Å². The van der Waals surface area contributed by atoms with E-state index in [4.69, 9.17) is 4.42 Å². The number of H-pyrrole nitrogens is 1. The van der Waals surface area contributed by atoms with Crippen LogP contribution in [0.1, 0.15) is 30.6 Å². The molecule has 0 aliphatic carbocycles. The minimum absolute atomic E-state index is 0.339. The van der Waals surface area contributed by atoms with Gasteiger partial charge >= 0.3 is 0 Å². The fourth-order valence-corrected chi connectivity index (χ4v) is 3.11. The van der Waals surface area contributed by atoms with Gasteiger partial charge in [-0.15, -0.1) is 0 Å². The van der Waals surface area contributed by atoms with E-state index in [1.807, 2.05) is 19.1 Å². The lowest BCUT2D eigenvalue weighted by atomic mass is 10.1. The molecule has 3 N–H and O–H groups in total. The van der Waals surface area contributed by atoms with Crippen molar-refractivity contribution in [1.82, 2.24) is 20.4 Å². The molecule has 126 valence electrons. The molecule has 0 unspecified atom stereocenters. The first-order valence-electron chi connectivity index (χ1n) is 8.42. The third-order valence-corrected chi connectivity index (χ3v) is 4.32. The topological polar surface area (TPSA) is 77.3 Å². The first-order chi connectivity index (χ1) is 11.2. The van der Waals surface area contributed by atoms with Gasteiger partial charge in [-0.05, 0) is 45.0 Å². The van der Waals surface area contributed by atoms with Crippen molar-refractivity contribution in [3.8, 4) is 11.5 Å². The molecule has 1 aliphatic heterocycles. The summed E-state index contributed by atoms with van der Waals surface area (Å²) in [5, 5.41) is 20.6. The Morgan fingerprint density at radius 2 is 2.17 bits per heavy atom. The van der Waals surface area contributed by atoms with Gasteiger partial charge in [-0.1, -0.05) is 6.42 Å². The van der Waals surface area contributed by atoms with Crippen molar-refractivity contribution in [3.63, 3.8) is 0 Å². The van der Waals surface area contributed by atoms with Crippen molar-refractivity contribution >= 4 is 0 Å². The molecule has 0 amide bonds. The van der Waals surface area contributed by atoms with Crippen LogP contribution in [0.3, 0.4) is 0 Å². The lowest BCUT2D eigenvalue weighted by molar-refractivity contribution is 0.1000. The average Bonchev–Trinajstić information content (AvgIpc) is 3.17. The van der Waals surface area contributed by atoms with Gasteiger partial charge in [0.05, 0.1) is 12.3 Å². The Morgan fingerprint density at radius 3 is 2.91 bits per heavy atom. The summed E-state index contributed by atoms with van der Waals surface area (Å²) >= 11 is 0. The zero-order valence-electron chi connectivity index (χ0n) is 13.7. The molecule has 0 radical (unpaired) electrons. The Hall–Kier alpha value is -1.63. The molecule has 6 nitrogen and oxygen atoms in total. The predicted molar refractivity (Wildman–Crippen MR) is 89.0 cm³/mol. The van der Waals surface area contributed by atoms with Crippen molar-refractivity contribution in [2.24, 2.45) is 0 Å². The molecule has 3 heterocycles. The highest BCUT2D eigenvalue weighted by Gasteiger charge is 2.15. The number of nitrogens with zero attached hydrogens (tertiary/aromatic N) is 2. The van der Waals surface area contributed by atoms with E-state index in [-0.39, 0.29) is 6.10 Å². The molecule has 23 heavy (non-hydrogen) atoms. The molecule has 2 aromatic rings. The maximum atomic E-state index is 10.2. The first-order valence-corrected chi connectivity index (χ1v) is 8.42. The number of rotatable bonds is 7. The SMILES string of the molecule is Cc1ccc(-c2[nH]ncc2CNC[C@H](O)CN2CCCCC2)o1. The van der Waals surface area contributed by atoms with Crippen molar-refractivity contribution in [2.45, 2.75) is 38.8 Å². The van der Waals surface area contributed by atoms with Crippen LogP contribution in [0.25, 0.3) is 11.5 Å². The number of aliphatic hydroxyl groups is 1. The molecule has 0 spiro atoms. The monoisotopic (exact) mass is 318 g/mol. The van der Waals surface area contributed by atoms with E-state index >= 15 is 0 Å². The second-order valence-electron chi connectivity index (χ2n) is 6.33. The van der Waals surface area contributed by atoms with E-state index in [0.717, 1.165) is 42.4 Å². The summed E-state index contributed by atoms with van der Waals surface area (Å²) in [5.74, 6) is 1.68. The summed E-state index contributed by atoms with van der Waals surface area (Å²) in [7, 11) is 0. The van der Waals surface area contributed by atoms with Crippen LogP contribution in [-0.2, 0) is 6.54 Å². The largest absolute Gasteiger partial charge is 0.460 e. The molecule has 0 aromatic carbocycles. The van der Waals surface area contributed by atoms with Gasteiger partial charge in [-0.2, -0.15) is 5.10 Å². The van der Waals surface area contributed by atoms with Gasteiger partial charge in [0, 0.05) is 25.2 Å². The second-order valence-corrected chi connectivity index (χ2v) is 6.33. The molecular weight excluding hydrogens is 292 g/mol. The number of aryl methyl sites for hydroxylation is 1. The summed E-state index contributed by atoms with van der Waals surface area (Å²) in [4.78, 5) is 2.35. The van der Waals surface area contributed by atoms with Crippen LogP contribution in [0.2, 0.25) is 0 Å². The molecule has 2 aromatic heterocycles. The van der Waals surface area contributed by atoms with Crippen LogP contribution in [0, 0.1) is 6.92 Å². The van der Waals surface area contributed by atoms with Crippen LogP contribution in [0.5, 0.6) is 0 Å². The number of hydrogen-bond donors (Lipinski definition) is 3. The van der Waals surface area contributed by atoms with Gasteiger partial charge in [-0.3, -0.25) is 5.10 Å². The number of aromatic amines is 1. The summed E-state index contributed by atoms with van der Waals surface area (Å²) in [5.41, 5.74) is 1.95. The Labute approximate surface area is 136 Å². The number of piperidine rings is 1. The van der Waals surface area contributed by atoms with Crippen LogP contribution in [-0.4, -0.2) is 52.5 Å². The molecule has 3 rings (SSSR count). The summed E-state index contributed by atoms with van der Waals surface area (Å²) in [6.45, 7) is 6.14. The molecule has 1 saturated heterocycles. The highest BCUT2D eigenvalue weighted by molar-refractivity contribution is 5.56. The maximum Gasteiger partial charge on any atom is 0.152 e. The molecule has 6 heteroatoms. The minimum Gasteiger partial charge on any atom is -0.460 e. The fourth-order valence-electron chi connectivity index (χ4n) is 3.11. The number of likely N-dealkylation sites (tertiary alicyclic amines) is 1. The molecule has 1 aliphatic rings. The first kappa shape index (κ1) is 16.2. The zero-order valence-corrected chi connectivity index (χ0v) is 13.7. The molecular formula is C17H26N4O2. The Bertz CT molecular complexity index is 601. The Balaban J connectivity index is 1.46. The summed E-state index contributed by atoms with van der Waals surface area (Å²) < 4.78 is 5.64. The Morgan fingerprint density at radius 1 is 1.35 bits per heavy atom. The lowest BCUT2D eigenvalue weighted by Gasteiger charge is -2.28. The van der Waals surface area contributed by atoms with Crippen molar-refractivity contribution in [2.75, 3.05) is 26.2 Å². The van der Waals surface area contributed by atoms with Gasteiger partial charge in [0.1, 0.15) is 11.5 Å². The molecule has 0 saturated carbocycles. The van der Waals surface area contributed by atoms with Crippen molar-refractivity contribution in [3.05, 3.63) is 29.7 Å². The lowest BCUT2D eigenvalue weighted by Crippen LogP contribution is -2.40. The van der Waals surface area contributed by atoms with Crippen molar-refractivity contribution < 1.29 is 9.52 Å². The molecule has 1 fully saturated rings. The number of furan rings is 1. The zero-order chi connectivity index (χ0) is 16.1. The average molecular weight is 318 g/mol. The van der Waals surface area contributed by atoms with E-state index in [0.29, 0.717) is 13.1 Å². The number of nitrogens with one attached hydrogen (secondary N) is 2. The van der Waals surface area contributed by atoms with E-state index in [2.05, 4.69) is 20.4 Å². The Kier molecular flexibility index (Phi) is 5.48. The molecule has 1 atom stereocenters. The third-order valence-electron chi connectivity index (χ3n) is 4.32.